The molecule has 1 rings (SSSR count). The van der Waals surface area contributed by atoms with Crippen molar-refractivity contribution in [1.82, 2.24) is 0 Å². The highest BCUT2D eigenvalue weighted by Crippen LogP contribution is 2.19. The first-order chi connectivity index (χ1) is 10.3. The smallest absolute Gasteiger partial charge is 0.142 e. The Balaban J connectivity index is 1.84. The Morgan fingerprint density at radius 2 is 1.48 bits per heavy atom. The molecular weight excluding hydrogens is 290 g/mol. The topological polar surface area (TPSA) is 53.7 Å². The number of alkyl halides is 1. The van der Waals surface area contributed by atoms with Crippen LogP contribution in [0.5, 0.6) is 5.75 Å². The maximum atomic E-state index is 5.77. The van der Waals surface area contributed by atoms with Gasteiger partial charge in [0.25, 0.3) is 0 Å². The van der Waals surface area contributed by atoms with Crippen molar-refractivity contribution in [3.05, 3.63) is 24.3 Å². The number of ether oxygens (including phenoxy) is 3. The van der Waals surface area contributed by atoms with Crippen molar-refractivity contribution in [2.45, 2.75) is 25.7 Å². The number of anilines is 1. The second kappa shape index (κ2) is 12.7. The molecule has 0 aromatic heterocycles. The van der Waals surface area contributed by atoms with Crippen LogP contribution >= 0.6 is 11.6 Å². The summed E-state index contributed by atoms with van der Waals surface area (Å²) in [6, 6.07) is 7.44. The number of benzene rings is 1. The maximum absolute atomic E-state index is 5.77. The third-order valence-electron chi connectivity index (χ3n) is 2.95. The van der Waals surface area contributed by atoms with Crippen LogP contribution in [0, 0.1) is 0 Å². The largest absolute Gasteiger partial charge is 0.489 e. The number of nitrogens with two attached hydrogens (primary N) is 1. The Hall–Kier alpha value is -0.970. The SMILES string of the molecule is Nc1ccccc1OCCOCCOCCCCCCCl. The van der Waals surface area contributed by atoms with Crippen LogP contribution in [0.25, 0.3) is 0 Å². The number of hydrogen-bond donors (Lipinski definition) is 1. The number of unbranched alkanes of at least 4 members (excludes halogenated alkanes) is 3. The van der Waals surface area contributed by atoms with E-state index in [0.717, 1.165) is 25.3 Å². The summed E-state index contributed by atoms with van der Waals surface area (Å²) < 4.78 is 16.4. The van der Waals surface area contributed by atoms with E-state index in [1.54, 1.807) is 0 Å². The summed E-state index contributed by atoms with van der Waals surface area (Å²) in [5.74, 6) is 1.46. The molecule has 2 N–H and O–H groups in total. The van der Waals surface area contributed by atoms with E-state index in [-0.39, 0.29) is 0 Å². The minimum atomic E-state index is 0.493. The lowest BCUT2D eigenvalue weighted by Gasteiger charge is -2.09. The zero-order valence-electron chi connectivity index (χ0n) is 12.6. The van der Waals surface area contributed by atoms with Gasteiger partial charge in [0.2, 0.25) is 0 Å². The number of rotatable bonds is 13. The van der Waals surface area contributed by atoms with Crippen LogP contribution in [0.15, 0.2) is 24.3 Å². The van der Waals surface area contributed by atoms with Gasteiger partial charge in [-0.2, -0.15) is 0 Å². The molecule has 120 valence electrons. The second-order valence-corrected chi connectivity index (χ2v) is 5.09. The summed E-state index contributed by atoms with van der Waals surface area (Å²) in [5.41, 5.74) is 6.41. The Labute approximate surface area is 132 Å². The fourth-order valence-electron chi connectivity index (χ4n) is 1.80. The molecule has 0 aliphatic rings. The van der Waals surface area contributed by atoms with Gasteiger partial charge in [-0.15, -0.1) is 11.6 Å². The van der Waals surface area contributed by atoms with Crippen molar-refractivity contribution in [2.75, 3.05) is 44.6 Å². The number of nitrogen functional groups attached to an aromatic ring is 1. The normalized spacial score (nSPS) is 10.7. The number of hydrogen-bond acceptors (Lipinski definition) is 4. The van der Waals surface area contributed by atoms with Gasteiger partial charge in [-0.3, -0.25) is 0 Å². The van der Waals surface area contributed by atoms with Gasteiger partial charge in [0, 0.05) is 12.5 Å². The highest BCUT2D eigenvalue weighted by atomic mass is 35.5. The van der Waals surface area contributed by atoms with Gasteiger partial charge in [0.05, 0.1) is 25.5 Å². The number of para-hydroxylation sites is 2. The van der Waals surface area contributed by atoms with E-state index in [9.17, 15) is 0 Å². The van der Waals surface area contributed by atoms with Crippen molar-refractivity contribution in [3.63, 3.8) is 0 Å². The van der Waals surface area contributed by atoms with Crippen molar-refractivity contribution in [2.24, 2.45) is 0 Å². The minimum Gasteiger partial charge on any atom is -0.489 e. The predicted molar refractivity (Wildman–Crippen MR) is 87.2 cm³/mol. The van der Waals surface area contributed by atoms with Gasteiger partial charge in [-0.05, 0) is 25.0 Å². The average Bonchev–Trinajstić information content (AvgIpc) is 2.50. The monoisotopic (exact) mass is 315 g/mol. The van der Waals surface area contributed by atoms with Gasteiger partial charge >= 0.3 is 0 Å². The van der Waals surface area contributed by atoms with E-state index in [0.29, 0.717) is 37.9 Å². The first-order valence-electron chi connectivity index (χ1n) is 7.53. The van der Waals surface area contributed by atoms with E-state index in [1.807, 2.05) is 24.3 Å². The van der Waals surface area contributed by atoms with Crippen molar-refractivity contribution in [3.8, 4) is 5.75 Å². The fraction of sp³-hybridized carbons (Fsp3) is 0.625. The molecule has 0 aliphatic heterocycles. The first kappa shape index (κ1) is 18.1. The average molecular weight is 316 g/mol. The standard InChI is InChI=1S/C16H26ClNO3/c17-9-5-1-2-6-10-19-11-12-20-13-14-21-16-8-4-3-7-15(16)18/h3-4,7-8H,1-2,5-6,9-14,18H2. The maximum Gasteiger partial charge on any atom is 0.142 e. The lowest BCUT2D eigenvalue weighted by atomic mass is 10.2. The van der Waals surface area contributed by atoms with Crippen molar-refractivity contribution >= 4 is 17.3 Å². The van der Waals surface area contributed by atoms with E-state index in [4.69, 9.17) is 31.5 Å². The molecule has 0 fully saturated rings. The Kier molecular flexibility index (Phi) is 11.0. The highest BCUT2D eigenvalue weighted by Gasteiger charge is 1.98. The highest BCUT2D eigenvalue weighted by molar-refractivity contribution is 6.17. The van der Waals surface area contributed by atoms with Gasteiger partial charge in [-0.1, -0.05) is 25.0 Å². The van der Waals surface area contributed by atoms with Crippen molar-refractivity contribution < 1.29 is 14.2 Å². The molecule has 4 nitrogen and oxygen atoms in total. The molecule has 0 heterocycles. The van der Waals surface area contributed by atoms with Gasteiger partial charge in [-0.25, -0.2) is 0 Å². The van der Waals surface area contributed by atoms with E-state index >= 15 is 0 Å². The van der Waals surface area contributed by atoms with Crippen LogP contribution < -0.4 is 10.5 Å². The molecule has 0 saturated carbocycles. The molecule has 0 unspecified atom stereocenters. The molecule has 0 radical (unpaired) electrons. The summed E-state index contributed by atoms with van der Waals surface area (Å²) in [4.78, 5) is 0. The van der Waals surface area contributed by atoms with E-state index in [2.05, 4.69) is 0 Å². The lowest BCUT2D eigenvalue weighted by Crippen LogP contribution is -2.11. The van der Waals surface area contributed by atoms with Crippen LogP contribution in [-0.4, -0.2) is 38.9 Å². The fourth-order valence-corrected chi connectivity index (χ4v) is 1.99. The summed E-state index contributed by atoms with van der Waals surface area (Å²) >= 11 is 5.61. The second-order valence-electron chi connectivity index (χ2n) is 4.71. The van der Waals surface area contributed by atoms with Gasteiger partial charge < -0.3 is 19.9 Å². The zero-order valence-corrected chi connectivity index (χ0v) is 13.3. The summed E-state index contributed by atoms with van der Waals surface area (Å²) in [6.45, 7) is 3.04. The molecular formula is C16H26ClNO3. The molecule has 0 atom stereocenters. The van der Waals surface area contributed by atoms with Crippen LogP contribution in [-0.2, 0) is 9.47 Å². The zero-order chi connectivity index (χ0) is 15.2. The molecule has 5 heteroatoms. The molecule has 0 spiro atoms. The molecule has 0 amide bonds. The van der Waals surface area contributed by atoms with Crippen LogP contribution in [0.3, 0.4) is 0 Å². The first-order valence-corrected chi connectivity index (χ1v) is 8.07. The number of halogens is 1. The molecule has 0 saturated heterocycles. The summed E-state index contributed by atoms with van der Waals surface area (Å²) in [7, 11) is 0. The van der Waals surface area contributed by atoms with Crippen molar-refractivity contribution in [1.29, 1.82) is 0 Å². The third-order valence-corrected chi connectivity index (χ3v) is 3.22. The van der Waals surface area contributed by atoms with E-state index in [1.165, 1.54) is 12.8 Å². The van der Waals surface area contributed by atoms with Crippen LogP contribution in [0.4, 0.5) is 5.69 Å². The quantitative estimate of drug-likeness (QED) is 0.344. The molecule has 21 heavy (non-hydrogen) atoms. The Morgan fingerprint density at radius 1 is 0.810 bits per heavy atom. The Bertz CT molecular complexity index is 363. The summed E-state index contributed by atoms with van der Waals surface area (Å²) in [6.07, 6.45) is 4.55. The molecule has 0 aliphatic carbocycles. The van der Waals surface area contributed by atoms with Crippen LogP contribution in [0.2, 0.25) is 0 Å². The van der Waals surface area contributed by atoms with Gasteiger partial charge in [0.15, 0.2) is 0 Å². The van der Waals surface area contributed by atoms with Crippen LogP contribution in [0.1, 0.15) is 25.7 Å². The predicted octanol–water partition coefficient (Wildman–Crippen LogP) is 3.48. The van der Waals surface area contributed by atoms with Gasteiger partial charge in [0.1, 0.15) is 12.4 Å². The lowest BCUT2D eigenvalue weighted by molar-refractivity contribution is 0.0353. The van der Waals surface area contributed by atoms with E-state index < -0.39 is 0 Å². The summed E-state index contributed by atoms with van der Waals surface area (Å²) in [5, 5.41) is 0. The minimum absolute atomic E-state index is 0.493. The Morgan fingerprint density at radius 3 is 2.24 bits per heavy atom. The molecule has 1 aromatic carbocycles. The molecule has 1 aromatic rings. The molecule has 0 bridgehead atoms. The third kappa shape index (κ3) is 9.56.